The Kier molecular flexibility index (Phi) is 3.61. The van der Waals surface area contributed by atoms with Crippen molar-refractivity contribution < 1.29 is 4.79 Å². The Hall–Kier alpha value is -1.17. The second-order valence-electron chi connectivity index (χ2n) is 4.71. The zero-order chi connectivity index (χ0) is 12.4. The topological polar surface area (TPSA) is 66.9 Å². The van der Waals surface area contributed by atoms with E-state index in [9.17, 15) is 4.79 Å². The first-order valence-corrected chi connectivity index (χ1v) is 6.71. The standard InChI is InChI=1S/C11H18N4OS/c1-6(2)8(10(16)12-3)13-11-14-9(15-17-11)7-4-5-7/h6-8H,4-5H2,1-3H3,(H,12,16)(H,13,14,15). The van der Waals surface area contributed by atoms with Crippen LogP contribution in [0.25, 0.3) is 0 Å². The third kappa shape index (κ3) is 2.94. The summed E-state index contributed by atoms with van der Waals surface area (Å²) in [6, 6.07) is -0.250. The maximum absolute atomic E-state index is 11.7. The molecule has 5 nitrogen and oxygen atoms in total. The van der Waals surface area contributed by atoms with Crippen molar-refractivity contribution in [3.05, 3.63) is 5.82 Å². The molecule has 1 fully saturated rings. The first kappa shape index (κ1) is 12.3. The minimum absolute atomic E-state index is 0.0110. The van der Waals surface area contributed by atoms with Gasteiger partial charge in [-0.25, -0.2) is 4.98 Å². The minimum atomic E-state index is -0.250. The monoisotopic (exact) mass is 254 g/mol. The molecule has 6 heteroatoms. The van der Waals surface area contributed by atoms with Gasteiger partial charge < -0.3 is 10.6 Å². The summed E-state index contributed by atoms with van der Waals surface area (Å²) in [5, 5.41) is 6.57. The van der Waals surface area contributed by atoms with Crippen molar-refractivity contribution >= 4 is 22.6 Å². The smallest absolute Gasteiger partial charge is 0.242 e. The van der Waals surface area contributed by atoms with E-state index in [2.05, 4.69) is 20.0 Å². The van der Waals surface area contributed by atoms with Crippen molar-refractivity contribution in [3.8, 4) is 0 Å². The molecule has 1 saturated carbocycles. The van der Waals surface area contributed by atoms with Gasteiger partial charge in [-0.05, 0) is 18.8 Å². The molecule has 0 bridgehead atoms. The number of nitrogens with one attached hydrogen (secondary N) is 2. The number of hydrogen-bond acceptors (Lipinski definition) is 5. The van der Waals surface area contributed by atoms with Gasteiger partial charge in [0, 0.05) is 24.5 Å². The van der Waals surface area contributed by atoms with Gasteiger partial charge in [0.25, 0.3) is 0 Å². The fourth-order valence-corrected chi connectivity index (χ4v) is 2.31. The lowest BCUT2D eigenvalue weighted by Gasteiger charge is -2.19. The highest BCUT2D eigenvalue weighted by Gasteiger charge is 2.29. The summed E-state index contributed by atoms with van der Waals surface area (Å²) in [5.41, 5.74) is 0. The molecule has 1 amide bonds. The first-order chi connectivity index (χ1) is 8.11. The Balaban J connectivity index is 2.02. The molecule has 0 spiro atoms. The number of rotatable bonds is 5. The van der Waals surface area contributed by atoms with Crippen LogP contribution in [0.3, 0.4) is 0 Å². The zero-order valence-electron chi connectivity index (χ0n) is 10.4. The molecule has 1 atom stereocenters. The Morgan fingerprint density at radius 2 is 2.18 bits per heavy atom. The van der Waals surface area contributed by atoms with Gasteiger partial charge in [-0.15, -0.1) is 0 Å². The van der Waals surface area contributed by atoms with Gasteiger partial charge >= 0.3 is 0 Å². The molecule has 0 aliphatic heterocycles. The lowest BCUT2D eigenvalue weighted by molar-refractivity contribution is -0.122. The molecule has 1 aromatic heterocycles. The Bertz CT molecular complexity index is 400. The number of anilines is 1. The molecule has 1 aliphatic rings. The van der Waals surface area contributed by atoms with Crippen LogP contribution in [0.4, 0.5) is 5.13 Å². The van der Waals surface area contributed by atoms with Gasteiger partial charge in [0.05, 0.1) is 0 Å². The van der Waals surface area contributed by atoms with Gasteiger partial charge in [0.15, 0.2) is 0 Å². The second-order valence-corrected chi connectivity index (χ2v) is 5.46. The Morgan fingerprint density at radius 1 is 1.47 bits per heavy atom. The molecule has 0 radical (unpaired) electrons. The van der Waals surface area contributed by atoms with E-state index in [-0.39, 0.29) is 17.9 Å². The van der Waals surface area contributed by atoms with Crippen molar-refractivity contribution in [1.82, 2.24) is 14.7 Å². The number of hydrogen-bond donors (Lipinski definition) is 2. The average molecular weight is 254 g/mol. The Labute approximate surface area is 105 Å². The lowest BCUT2D eigenvalue weighted by Crippen LogP contribution is -2.41. The van der Waals surface area contributed by atoms with Gasteiger partial charge in [0.1, 0.15) is 11.9 Å². The molecule has 1 aromatic rings. The molecule has 1 aliphatic carbocycles. The first-order valence-electron chi connectivity index (χ1n) is 5.93. The van der Waals surface area contributed by atoms with Gasteiger partial charge in [-0.2, -0.15) is 4.37 Å². The molecule has 0 aromatic carbocycles. The van der Waals surface area contributed by atoms with E-state index in [1.807, 2.05) is 13.8 Å². The molecule has 1 unspecified atom stereocenters. The van der Waals surface area contributed by atoms with E-state index < -0.39 is 0 Å². The van der Waals surface area contributed by atoms with Crippen LogP contribution in [-0.2, 0) is 4.79 Å². The molecule has 94 valence electrons. The van der Waals surface area contributed by atoms with Crippen LogP contribution in [0, 0.1) is 5.92 Å². The zero-order valence-corrected chi connectivity index (χ0v) is 11.2. The highest BCUT2D eigenvalue weighted by molar-refractivity contribution is 7.09. The third-order valence-electron chi connectivity index (χ3n) is 2.86. The van der Waals surface area contributed by atoms with Crippen molar-refractivity contribution in [1.29, 1.82) is 0 Å². The number of likely N-dealkylation sites (N-methyl/N-ethyl adjacent to an activating group) is 1. The predicted molar refractivity (Wildman–Crippen MR) is 68.2 cm³/mol. The van der Waals surface area contributed by atoms with Gasteiger partial charge in [-0.1, -0.05) is 13.8 Å². The van der Waals surface area contributed by atoms with E-state index in [1.165, 1.54) is 24.4 Å². The van der Waals surface area contributed by atoms with Crippen LogP contribution in [0.2, 0.25) is 0 Å². The van der Waals surface area contributed by atoms with Crippen LogP contribution in [0.15, 0.2) is 0 Å². The SMILES string of the molecule is CNC(=O)C(Nc1nc(C2CC2)ns1)C(C)C. The summed E-state index contributed by atoms with van der Waals surface area (Å²) in [7, 11) is 1.65. The summed E-state index contributed by atoms with van der Waals surface area (Å²) in [4.78, 5) is 16.1. The summed E-state index contributed by atoms with van der Waals surface area (Å²) in [5.74, 6) is 1.68. The average Bonchev–Trinajstić information content (AvgIpc) is 3.05. The molecule has 17 heavy (non-hydrogen) atoms. The summed E-state index contributed by atoms with van der Waals surface area (Å²) in [6.45, 7) is 4.02. The van der Waals surface area contributed by atoms with Crippen LogP contribution < -0.4 is 10.6 Å². The number of nitrogens with zero attached hydrogens (tertiary/aromatic N) is 2. The van der Waals surface area contributed by atoms with Crippen LogP contribution in [0.5, 0.6) is 0 Å². The maximum atomic E-state index is 11.7. The molecule has 2 rings (SSSR count). The van der Waals surface area contributed by atoms with Crippen molar-refractivity contribution in [2.75, 3.05) is 12.4 Å². The Morgan fingerprint density at radius 3 is 2.71 bits per heavy atom. The van der Waals surface area contributed by atoms with E-state index >= 15 is 0 Å². The highest BCUT2D eigenvalue weighted by Crippen LogP contribution is 2.39. The molecule has 1 heterocycles. The van der Waals surface area contributed by atoms with Crippen LogP contribution in [-0.4, -0.2) is 28.4 Å². The predicted octanol–water partition coefficient (Wildman–Crippen LogP) is 1.60. The number of carbonyl (C=O) groups is 1. The summed E-state index contributed by atoms with van der Waals surface area (Å²) < 4.78 is 4.31. The summed E-state index contributed by atoms with van der Waals surface area (Å²) in [6.07, 6.45) is 2.39. The van der Waals surface area contributed by atoms with Crippen molar-refractivity contribution in [3.63, 3.8) is 0 Å². The molecular weight excluding hydrogens is 236 g/mol. The van der Waals surface area contributed by atoms with E-state index in [0.29, 0.717) is 5.92 Å². The lowest BCUT2D eigenvalue weighted by atomic mass is 10.0. The van der Waals surface area contributed by atoms with E-state index in [0.717, 1.165) is 11.0 Å². The van der Waals surface area contributed by atoms with Crippen molar-refractivity contribution in [2.24, 2.45) is 5.92 Å². The maximum Gasteiger partial charge on any atom is 0.242 e. The molecular formula is C11H18N4OS. The fourth-order valence-electron chi connectivity index (χ4n) is 1.62. The quantitative estimate of drug-likeness (QED) is 0.837. The molecule has 2 N–H and O–H groups in total. The molecule has 0 saturated heterocycles. The van der Waals surface area contributed by atoms with Gasteiger partial charge in [-0.3, -0.25) is 4.79 Å². The van der Waals surface area contributed by atoms with E-state index in [1.54, 1.807) is 7.05 Å². The third-order valence-corrected chi connectivity index (χ3v) is 3.52. The largest absolute Gasteiger partial charge is 0.357 e. The fraction of sp³-hybridized carbons (Fsp3) is 0.727. The minimum Gasteiger partial charge on any atom is -0.357 e. The summed E-state index contributed by atoms with van der Waals surface area (Å²) >= 11 is 1.34. The number of amides is 1. The van der Waals surface area contributed by atoms with Crippen molar-refractivity contribution in [2.45, 2.75) is 38.6 Å². The van der Waals surface area contributed by atoms with E-state index in [4.69, 9.17) is 0 Å². The normalized spacial score (nSPS) is 16.9. The second kappa shape index (κ2) is 5.00. The van der Waals surface area contributed by atoms with Crippen LogP contribution >= 0.6 is 11.5 Å². The van der Waals surface area contributed by atoms with Gasteiger partial charge in [0.2, 0.25) is 11.0 Å². The number of carbonyl (C=O) groups excluding carboxylic acids is 1. The highest BCUT2D eigenvalue weighted by atomic mass is 32.1. The number of aromatic nitrogens is 2. The van der Waals surface area contributed by atoms with Crippen LogP contribution in [0.1, 0.15) is 38.4 Å².